The van der Waals surface area contributed by atoms with Gasteiger partial charge in [-0.25, -0.2) is 4.39 Å². The largest absolute Gasteiger partial charge is 0.381 e. The van der Waals surface area contributed by atoms with Crippen LogP contribution in [0.2, 0.25) is 0 Å². The van der Waals surface area contributed by atoms with E-state index in [0.29, 0.717) is 37.7 Å². The number of carbonyl (C=O) groups excluding carboxylic acids is 2. The van der Waals surface area contributed by atoms with Crippen LogP contribution in [0, 0.1) is 40.9 Å². The van der Waals surface area contributed by atoms with Gasteiger partial charge in [-0.1, -0.05) is 0 Å². The summed E-state index contributed by atoms with van der Waals surface area (Å²) in [5.74, 6) is 0.245. The zero-order valence-electron chi connectivity index (χ0n) is 23.4. The van der Waals surface area contributed by atoms with Gasteiger partial charge in [0.05, 0.1) is 12.2 Å². The molecule has 1 saturated heterocycles. The second-order valence-corrected chi connectivity index (χ2v) is 12.3. The SMILES string of the molecule is COC1CC(CNC(=O)C2CC(CN3CCN(C)C3=N)CC(C3CCC(F)CC3C(N)=O)C2)CC(OC)C1. The molecule has 4 rings (SSSR count). The minimum absolute atomic E-state index is 0.0153. The Hall–Kier alpha value is -1.94. The molecule has 0 aromatic rings. The maximum Gasteiger partial charge on any atom is 0.223 e. The van der Waals surface area contributed by atoms with E-state index in [4.69, 9.17) is 20.6 Å². The first kappa shape index (κ1) is 29.1. The first-order valence-electron chi connectivity index (χ1n) is 14.5. The van der Waals surface area contributed by atoms with Crippen molar-refractivity contribution in [3.8, 4) is 0 Å². The Bertz CT molecular complexity index is 834. The molecule has 1 heterocycles. The highest BCUT2D eigenvalue weighted by Crippen LogP contribution is 2.46. The van der Waals surface area contributed by atoms with E-state index < -0.39 is 18.0 Å². The third-order valence-electron chi connectivity index (χ3n) is 9.82. The van der Waals surface area contributed by atoms with Gasteiger partial charge in [0.25, 0.3) is 0 Å². The van der Waals surface area contributed by atoms with Gasteiger partial charge in [0, 0.05) is 59.3 Å². The van der Waals surface area contributed by atoms with E-state index >= 15 is 0 Å². The van der Waals surface area contributed by atoms with E-state index in [9.17, 15) is 14.0 Å². The lowest BCUT2D eigenvalue weighted by Crippen LogP contribution is -2.46. The average molecular weight is 538 g/mol. The third-order valence-corrected chi connectivity index (χ3v) is 9.82. The van der Waals surface area contributed by atoms with Crippen LogP contribution in [0.4, 0.5) is 4.39 Å². The summed E-state index contributed by atoms with van der Waals surface area (Å²) in [6, 6.07) is 0. The quantitative estimate of drug-likeness (QED) is 0.415. The topological polar surface area (TPSA) is 121 Å². The number of likely N-dealkylation sites (N-methyl/N-ethyl adjacent to an activating group) is 1. The van der Waals surface area contributed by atoms with E-state index in [-0.39, 0.29) is 48.2 Å². The number of alkyl halides is 1. The number of nitrogens with one attached hydrogen (secondary N) is 2. The molecule has 0 spiro atoms. The summed E-state index contributed by atoms with van der Waals surface area (Å²) < 4.78 is 25.4. The normalized spacial score (nSPS) is 38.3. The van der Waals surface area contributed by atoms with Gasteiger partial charge in [0.15, 0.2) is 5.96 Å². The van der Waals surface area contributed by atoms with Crippen molar-refractivity contribution in [3.63, 3.8) is 0 Å². The molecule has 0 aromatic heterocycles. The van der Waals surface area contributed by atoms with Gasteiger partial charge < -0.3 is 30.3 Å². The number of guanidine groups is 1. The number of rotatable bonds is 9. The van der Waals surface area contributed by atoms with Crippen LogP contribution in [0.25, 0.3) is 0 Å². The van der Waals surface area contributed by atoms with E-state index in [2.05, 4.69) is 10.2 Å². The van der Waals surface area contributed by atoms with Crippen molar-refractivity contribution in [1.29, 1.82) is 5.41 Å². The third kappa shape index (κ3) is 6.97. The highest BCUT2D eigenvalue weighted by molar-refractivity contribution is 5.80. The summed E-state index contributed by atoms with van der Waals surface area (Å²) in [7, 11) is 5.39. The van der Waals surface area contributed by atoms with E-state index in [1.54, 1.807) is 14.2 Å². The average Bonchev–Trinajstić information content (AvgIpc) is 3.23. The molecule has 2 amide bonds. The highest BCUT2D eigenvalue weighted by Gasteiger charge is 2.44. The Kier molecular flexibility index (Phi) is 9.89. The van der Waals surface area contributed by atoms with Crippen LogP contribution in [0.3, 0.4) is 0 Å². The number of carbonyl (C=O) groups is 2. The van der Waals surface area contributed by atoms with Crippen molar-refractivity contribution in [1.82, 2.24) is 15.1 Å². The number of nitrogens with zero attached hydrogens (tertiary/aromatic N) is 2. The summed E-state index contributed by atoms with van der Waals surface area (Å²) in [4.78, 5) is 29.9. The number of hydrogen-bond acceptors (Lipinski definition) is 5. The summed E-state index contributed by atoms with van der Waals surface area (Å²) in [5, 5.41) is 11.7. The van der Waals surface area contributed by atoms with E-state index in [0.717, 1.165) is 51.7 Å². The lowest BCUT2D eigenvalue weighted by Gasteiger charge is -2.43. The highest BCUT2D eigenvalue weighted by atomic mass is 19.1. The summed E-state index contributed by atoms with van der Waals surface area (Å²) >= 11 is 0. The van der Waals surface area contributed by atoms with Crippen LogP contribution in [0.15, 0.2) is 0 Å². The molecule has 1 aliphatic heterocycles. The first-order valence-corrected chi connectivity index (χ1v) is 14.5. The van der Waals surface area contributed by atoms with Crippen molar-refractivity contribution < 1.29 is 23.5 Å². The molecule has 8 unspecified atom stereocenters. The van der Waals surface area contributed by atoms with Crippen molar-refractivity contribution in [3.05, 3.63) is 0 Å². The fourth-order valence-corrected chi connectivity index (χ4v) is 7.71. The molecule has 9 nitrogen and oxygen atoms in total. The molecule has 8 atom stereocenters. The Labute approximate surface area is 226 Å². The molecule has 4 N–H and O–H groups in total. The summed E-state index contributed by atoms with van der Waals surface area (Å²) in [5.41, 5.74) is 5.75. The Balaban J connectivity index is 1.43. The first-order chi connectivity index (χ1) is 18.2. The number of hydrogen-bond donors (Lipinski definition) is 3. The van der Waals surface area contributed by atoms with Crippen LogP contribution >= 0.6 is 0 Å². The van der Waals surface area contributed by atoms with Gasteiger partial charge >= 0.3 is 0 Å². The number of amides is 2. The van der Waals surface area contributed by atoms with Crippen molar-refractivity contribution in [2.75, 3.05) is 47.4 Å². The van der Waals surface area contributed by atoms with Gasteiger partial charge in [-0.05, 0) is 81.5 Å². The second-order valence-electron chi connectivity index (χ2n) is 12.3. The molecule has 4 fully saturated rings. The van der Waals surface area contributed by atoms with Gasteiger partial charge in [0.2, 0.25) is 11.8 Å². The molecular formula is C28H48FN5O4. The number of ether oxygens (including phenoxy) is 2. The zero-order valence-corrected chi connectivity index (χ0v) is 23.4. The van der Waals surface area contributed by atoms with Gasteiger partial charge in [-0.2, -0.15) is 0 Å². The van der Waals surface area contributed by atoms with Crippen molar-refractivity contribution in [2.24, 2.45) is 41.2 Å². The Morgan fingerprint density at radius 2 is 1.71 bits per heavy atom. The zero-order chi connectivity index (χ0) is 27.4. The van der Waals surface area contributed by atoms with Crippen molar-refractivity contribution in [2.45, 2.75) is 76.2 Å². The molecule has 4 aliphatic rings. The number of primary amides is 1. The molecule has 0 radical (unpaired) electrons. The second kappa shape index (κ2) is 12.9. The van der Waals surface area contributed by atoms with Gasteiger partial charge in [0.1, 0.15) is 6.17 Å². The maximum atomic E-state index is 14.2. The minimum Gasteiger partial charge on any atom is -0.381 e. The Morgan fingerprint density at radius 1 is 1.00 bits per heavy atom. The van der Waals surface area contributed by atoms with Crippen LogP contribution in [-0.4, -0.2) is 93.4 Å². The number of methoxy groups -OCH3 is 2. The lowest BCUT2D eigenvalue weighted by molar-refractivity contribution is -0.130. The van der Waals surface area contributed by atoms with Crippen LogP contribution in [0.1, 0.15) is 57.8 Å². The molecule has 3 saturated carbocycles. The van der Waals surface area contributed by atoms with Crippen LogP contribution in [0.5, 0.6) is 0 Å². The maximum absolute atomic E-state index is 14.2. The van der Waals surface area contributed by atoms with E-state index in [1.165, 1.54) is 0 Å². The molecule has 216 valence electrons. The van der Waals surface area contributed by atoms with Crippen LogP contribution < -0.4 is 11.1 Å². The summed E-state index contributed by atoms with van der Waals surface area (Å²) in [6.07, 6.45) is 5.65. The number of nitrogens with two attached hydrogens (primary N) is 1. The fraction of sp³-hybridized carbons (Fsp3) is 0.893. The predicted molar refractivity (Wildman–Crippen MR) is 143 cm³/mol. The predicted octanol–water partition coefficient (Wildman–Crippen LogP) is 2.39. The minimum atomic E-state index is -0.981. The number of halogens is 1. The van der Waals surface area contributed by atoms with Crippen molar-refractivity contribution >= 4 is 17.8 Å². The fourth-order valence-electron chi connectivity index (χ4n) is 7.71. The summed E-state index contributed by atoms with van der Waals surface area (Å²) in [6.45, 7) is 2.97. The van der Waals surface area contributed by atoms with Gasteiger partial charge in [-0.3, -0.25) is 15.0 Å². The molecular weight excluding hydrogens is 489 g/mol. The molecule has 3 aliphatic carbocycles. The monoisotopic (exact) mass is 537 g/mol. The molecule has 10 heteroatoms. The molecule has 0 bridgehead atoms. The molecule has 0 aromatic carbocycles. The smallest absolute Gasteiger partial charge is 0.223 e. The molecule has 38 heavy (non-hydrogen) atoms. The lowest BCUT2D eigenvalue weighted by atomic mass is 9.63. The van der Waals surface area contributed by atoms with Crippen LogP contribution in [-0.2, 0) is 19.1 Å². The van der Waals surface area contributed by atoms with Gasteiger partial charge in [-0.15, -0.1) is 0 Å². The standard InChI is InChI=1S/C28H48FN5O4/c1-33-6-7-34(28(33)31)16-18-8-19(24-5-4-21(29)13-25(24)26(30)35)12-20(9-18)27(36)32-15-17-10-22(37-2)14-23(11-17)38-3/h17-25,31H,4-16H2,1-3H3,(H2,30,35)(H,32,36). The Morgan fingerprint density at radius 3 is 2.32 bits per heavy atom. The van der Waals surface area contributed by atoms with E-state index in [1.807, 2.05) is 11.9 Å².